The first-order chi connectivity index (χ1) is 10.1. The summed E-state index contributed by atoms with van der Waals surface area (Å²) in [6.07, 6.45) is 0. The van der Waals surface area contributed by atoms with E-state index < -0.39 is 0 Å². The minimum atomic E-state index is 0.0675. The molecule has 21 heavy (non-hydrogen) atoms. The molecule has 0 amide bonds. The summed E-state index contributed by atoms with van der Waals surface area (Å²) in [6.45, 7) is 4.04. The van der Waals surface area contributed by atoms with Crippen LogP contribution in [0.25, 0.3) is 0 Å². The van der Waals surface area contributed by atoms with Gasteiger partial charge in [0.25, 0.3) is 0 Å². The van der Waals surface area contributed by atoms with Crippen LogP contribution in [0, 0.1) is 13.8 Å². The van der Waals surface area contributed by atoms with E-state index in [1.807, 2.05) is 45.2 Å². The lowest BCUT2D eigenvalue weighted by Gasteiger charge is -2.20. The molecule has 4 nitrogen and oxygen atoms in total. The number of hydrogen-bond acceptors (Lipinski definition) is 4. The van der Waals surface area contributed by atoms with Crippen molar-refractivity contribution in [2.75, 3.05) is 21.3 Å². The molecule has 1 atom stereocenters. The van der Waals surface area contributed by atoms with E-state index in [4.69, 9.17) is 9.47 Å². The molecule has 0 radical (unpaired) electrons. The van der Waals surface area contributed by atoms with Crippen LogP contribution < -0.4 is 14.8 Å². The molecule has 2 rings (SSSR count). The Morgan fingerprint density at radius 3 is 2.29 bits per heavy atom. The topological polar surface area (TPSA) is 43.4 Å². The second kappa shape index (κ2) is 6.59. The first kappa shape index (κ1) is 15.3. The maximum absolute atomic E-state index is 5.39. The van der Waals surface area contributed by atoms with Crippen LogP contribution in [0.2, 0.25) is 0 Å². The fourth-order valence-corrected chi connectivity index (χ4v) is 2.54. The number of methoxy groups -OCH3 is 2. The molecule has 0 fully saturated rings. The third-order valence-corrected chi connectivity index (χ3v) is 3.61. The number of aromatic nitrogens is 1. The summed E-state index contributed by atoms with van der Waals surface area (Å²) in [5.74, 6) is 1.46. The highest BCUT2D eigenvalue weighted by Gasteiger charge is 2.17. The molecule has 0 aliphatic carbocycles. The maximum atomic E-state index is 5.39. The van der Waals surface area contributed by atoms with Crippen LogP contribution in [-0.2, 0) is 0 Å². The van der Waals surface area contributed by atoms with E-state index in [0.717, 1.165) is 34.0 Å². The lowest BCUT2D eigenvalue weighted by atomic mass is 9.97. The summed E-state index contributed by atoms with van der Waals surface area (Å²) >= 11 is 0. The molecular formula is C17H22N2O2. The van der Waals surface area contributed by atoms with Crippen molar-refractivity contribution >= 4 is 0 Å². The van der Waals surface area contributed by atoms with Crippen LogP contribution in [-0.4, -0.2) is 26.3 Å². The smallest absolute Gasteiger partial charge is 0.161 e. The molecule has 1 heterocycles. The number of ether oxygens (including phenoxy) is 2. The second-order valence-electron chi connectivity index (χ2n) is 4.96. The minimum Gasteiger partial charge on any atom is -0.493 e. The molecular weight excluding hydrogens is 264 g/mol. The van der Waals surface area contributed by atoms with Crippen molar-refractivity contribution in [1.29, 1.82) is 0 Å². The highest BCUT2D eigenvalue weighted by Crippen LogP contribution is 2.32. The Hall–Kier alpha value is -2.07. The van der Waals surface area contributed by atoms with Gasteiger partial charge in [-0.1, -0.05) is 12.1 Å². The van der Waals surface area contributed by atoms with Crippen LogP contribution in [0.4, 0.5) is 0 Å². The van der Waals surface area contributed by atoms with Gasteiger partial charge in [0, 0.05) is 11.4 Å². The number of nitrogens with zero attached hydrogens (tertiary/aromatic N) is 1. The van der Waals surface area contributed by atoms with Crippen molar-refractivity contribution in [3.63, 3.8) is 0 Å². The Kier molecular flexibility index (Phi) is 4.81. The van der Waals surface area contributed by atoms with Gasteiger partial charge in [0.05, 0.1) is 20.3 Å². The Bertz CT molecular complexity index is 626. The molecule has 1 N–H and O–H groups in total. The zero-order valence-corrected chi connectivity index (χ0v) is 13.2. The molecule has 0 bridgehead atoms. The van der Waals surface area contributed by atoms with Crippen LogP contribution >= 0.6 is 0 Å². The third-order valence-electron chi connectivity index (χ3n) is 3.61. The van der Waals surface area contributed by atoms with E-state index in [2.05, 4.69) is 16.4 Å². The summed E-state index contributed by atoms with van der Waals surface area (Å²) in [4.78, 5) is 4.55. The van der Waals surface area contributed by atoms with E-state index in [9.17, 15) is 0 Å². The summed E-state index contributed by atoms with van der Waals surface area (Å²) in [7, 11) is 5.23. The predicted octanol–water partition coefficient (Wildman–Crippen LogP) is 3.02. The van der Waals surface area contributed by atoms with Gasteiger partial charge in [-0.05, 0) is 50.2 Å². The molecule has 1 aromatic heterocycles. The number of benzene rings is 1. The van der Waals surface area contributed by atoms with Gasteiger partial charge < -0.3 is 14.8 Å². The van der Waals surface area contributed by atoms with Crippen molar-refractivity contribution in [2.24, 2.45) is 0 Å². The van der Waals surface area contributed by atoms with Crippen LogP contribution in [0.1, 0.15) is 28.6 Å². The van der Waals surface area contributed by atoms with E-state index in [0.29, 0.717) is 0 Å². The SMILES string of the molecule is CNC(c1ccc(OC)c(OC)c1)c1ccc(C)nc1C. The quantitative estimate of drug-likeness (QED) is 0.917. The van der Waals surface area contributed by atoms with Gasteiger partial charge in [0.15, 0.2) is 11.5 Å². The highest BCUT2D eigenvalue weighted by atomic mass is 16.5. The van der Waals surface area contributed by atoms with Gasteiger partial charge in [0.2, 0.25) is 0 Å². The van der Waals surface area contributed by atoms with Gasteiger partial charge in [-0.15, -0.1) is 0 Å². The maximum Gasteiger partial charge on any atom is 0.161 e. The van der Waals surface area contributed by atoms with E-state index in [1.54, 1.807) is 14.2 Å². The second-order valence-corrected chi connectivity index (χ2v) is 4.96. The zero-order chi connectivity index (χ0) is 15.4. The average molecular weight is 286 g/mol. The van der Waals surface area contributed by atoms with Gasteiger partial charge in [0.1, 0.15) is 0 Å². The Morgan fingerprint density at radius 2 is 1.71 bits per heavy atom. The molecule has 0 spiro atoms. The van der Waals surface area contributed by atoms with Crippen molar-refractivity contribution in [3.05, 3.63) is 52.8 Å². The summed E-state index contributed by atoms with van der Waals surface area (Å²) < 4.78 is 10.7. The molecule has 2 aromatic rings. The van der Waals surface area contributed by atoms with Crippen molar-refractivity contribution in [1.82, 2.24) is 10.3 Å². The molecule has 0 aliphatic rings. The van der Waals surface area contributed by atoms with Crippen LogP contribution in [0.15, 0.2) is 30.3 Å². The standard InChI is InChI=1S/C17H22N2O2/c1-11-6-8-14(12(2)19-11)17(18-3)13-7-9-15(20-4)16(10-13)21-5/h6-10,17-18H,1-5H3. The van der Waals surface area contributed by atoms with Gasteiger partial charge in [-0.25, -0.2) is 0 Å². The first-order valence-electron chi connectivity index (χ1n) is 6.94. The van der Waals surface area contributed by atoms with E-state index in [1.165, 1.54) is 0 Å². The first-order valence-corrected chi connectivity index (χ1v) is 6.94. The molecule has 0 saturated carbocycles. The number of hydrogen-bond donors (Lipinski definition) is 1. The summed E-state index contributed by atoms with van der Waals surface area (Å²) in [5, 5.41) is 3.35. The fourth-order valence-electron chi connectivity index (χ4n) is 2.54. The Balaban J connectivity index is 2.46. The number of rotatable bonds is 5. The lowest BCUT2D eigenvalue weighted by molar-refractivity contribution is 0.354. The third kappa shape index (κ3) is 3.16. The Morgan fingerprint density at radius 1 is 1.00 bits per heavy atom. The summed E-state index contributed by atoms with van der Waals surface area (Å²) in [5.41, 5.74) is 4.33. The summed E-state index contributed by atoms with van der Waals surface area (Å²) in [6, 6.07) is 10.2. The molecule has 1 aromatic carbocycles. The van der Waals surface area contributed by atoms with Crippen molar-refractivity contribution in [3.8, 4) is 11.5 Å². The molecule has 0 saturated heterocycles. The van der Waals surface area contributed by atoms with Gasteiger partial charge in [-0.2, -0.15) is 0 Å². The van der Waals surface area contributed by atoms with E-state index in [-0.39, 0.29) is 6.04 Å². The number of nitrogens with one attached hydrogen (secondary N) is 1. The van der Waals surface area contributed by atoms with Crippen molar-refractivity contribution < 1.29 is 9.47 Å². The lowest BCUT2D eigenvalue weighted by Crippen LogP contribution is -2.19. The molecule has 112 valence electrons. The fraction of sp³-hybridized carbons (Fsp3) is 0.353. The van der Waals surface area contributed by atoms with Crippen molar-refractivity contribution in [2.45, 2.75) is 19.9 Å². The zero-order valence-electron chi connectivity index (χ0n) is 13.2. The number of pyridine rings is 1. The minimum absolute atomic E-state index is 0.0675. The van der Waals surface area contributed by atoms with Gasteiger partial charge in [-0.3, -0.25) is 4.98 Å². The largest absolute Gasteiger partial charge is 0.493 e. The average Bonchev–Trinajstić information content (AvgIpc) is 2.49. The normalized spacial score (nSPS) is 12.0. The predicted molar refractivity (Wildman–Crippen MR) is 84.2 cm³/mol. The van der Waals surface area contributed by atoms with Crippen LogP contribution in [0.3, 0.4) is 0 Å². The monoisotopic (exact) mass is 286 g/mol. The molecule has 0 aliphatic heterocycles. The molecule has 1 unspecified atom stereocenters. The Labute approximate surface area is 126 Å². The number of aryl methyl sites for hydroxylation is 2. The van der Waals surface area contributed by atoms with E-state index >= 15 is 0 Å². The highest BCUT2D eigenvalue weighted by molar-refractivity contribution is 5.46. The van der Waals surface area contributed by atoms with Gasteiger partial charge >= 0.3 is 0 Å². The molecule has 4 heteroatoms. The van der Waals surface area contributed by atoms with Crippen LogP contribution in [0.5, 0.6) is 11.5 Å².